The van der Waals surface area contributed by atoms with Gasteiger partial charge in [0.2, 0.25) is 0 Å². The van der Waals surface area contributed by atoms with E-state index in [1.165, 1.54) is 30.2 Å². The van der Waals surface area contributed by atoms with E-state index in [9.17, 15) is 20.2 Å². The van der Waals surface area contributed by atoms with Gasteiger partial charge in [0.1, 0.15) is 0 Å². The Bertz CT molecular complexity index is 921. The lowest BCUT2D eigenvalue weighted by molar-refractivity contribution is -0.385. The molecule has 0 aliphatic heterocycles. The zero-order chi connectivity index (χ0) is 19.0. The lowest BCUT2D eigenvalue weighted by Crippen LogP contribution is -1.90. The molecule has 1 aliphatic carbocycles. The van der Waals surface area contributed by atoms with Gasteiger partial charge in [-0.25, -0.2) is 0 Å². The number of benzene rings is 3. The lowest BCUT2D eigenvalue weighted by Gasteiger charge is -2.09. The van der Waals surface area contributed by atoms with Crippen molar-refractivity contribution in [1.29, 1.82) is 0 Å². The van der Waals surface area contributed by atoms with Gasteiger partial charge < -0.3 is 0 Å². The molecule has 1 aliphatic rings. The Morgan fingerprint density at radius 3 is 1.41 bits per heavy atom. The third kappa shape index (κ3) is 3.13. The Kier molecular flexibility index (Phi) is 4.08. The summed E-state index contributed by atoms with van der Waals surface area (Å²) < 4.78 is 0. The maximum atomic E-state index is 10.9. The Morgan fingerprint density at radius 2 is 1.04 bits per heavy atom. The molecule has 27 heavy (non-hydrogen) atoms. The molecule has 1 fully saturated rings. The van der Waals surface area contributed by atoms with Crippen molar-refractivity contribution in [2.75, 3.05) is 0 Å². The van der Waals surface area contributed by atoms with Crippen LogP contribution >= 0.6 is 0 Å². The van der Waals surface area contributed by atoms with E-state index in [1.807, 2.05) is 30.3 Å². The maximum Gasteiger partial charge on any atom is 0.269 e. The second-order valence-electron chi connectivity index (χ2n) is 6.47. The smallest absolute Gasteiger partial charge is 0.258 e. The van der Waals surface area contributed by atoms with Crippen LogP contribution in [-0.4, -0.2) is 9.85 Å². The molecule has 3 aromatic rings. The van der Waals surface area contributed by atoms with Crippen molar-refractivity contribution in [3.05, 3.63) is 122 Å². The topological polar surface area (TPSA) is 86.3 Å². The van der Waals surface area contributed by atoms with E-state index in [0.29, 0.717) is 0 Å². The Morgan fingerprint density at radius 1 is 0.630 bits per heavy atom. The normalized spacial score (nSPS) is 18.1. The summed E-state index contributed by atoms with van der Waals surface area (Å²) in [6.07, 6.45) is 0. The summed E-state index contributed by atoms with van der Waals surface area (Å²) in [4.78, 5) is 21.0. The van der Waals surface area contributed by atoms with Crippen LogP contribution in [0.25, 0.3) is 0 Å². The van der Waals surface area contributed by atoms with Crippen LogP contribution in [0.15, 0.2) is 78.9 Å². The minimum atomic E-state index is -0.410. The molecule has 2 atom stereocenters. The molecule has 0 spiro atoms. The first-order valence-corrected chi connectivity index (χ1v) is 8.47. The Labute approximate surface area is 155 Å². The molecule has 6 nitrogen and oxygen atoms in total. The molecule has 4 rings (SSSR count). The van der Waals surface area contributed by atoms with Crippen LogP contribution in [0.2, 0.25) is 0 Å². The molecule has 0 radical (unpaired) electrons. The molecule has 134 valence electrons. The Balaban J connectivity index is 1.69. The van der Waals surface area contributed by atoms with E-state index >= 15 is 0 Å². The summed E-state index contributed by atoms with van der Waals surface area (Å²) in [6.45, 7) is 0. The van der Waals surface area contributed by atoms with Crippen LogP contribution in [0.4, 0.5) is 11.4 Å². The predicted molar refractivity (Wildman–Crippen MR) is 100 cm³/mol. The molecule has 0 bridgehead atoms. The minimum absolute atomic E-state index is 0.0625. The van der Waals surface area contributed by atoms with Gasteiger partial charge in [0, 0.05) is 24.3 Å². The molecular weight excluding hydrogens is 344 g/mol. The van der Waals surface area contributed by atoms with Crippen LogP contribution in [0.1, 0.15) is 28.5 Å². The van der Waals surface area contributed by atoms with Crippen molar-refractivity contribution in [2.24, 2.45) is 0 Å². The second kappa shape index (κ2) is 6.57. The van der Waals surface area contributed by atoms with Gasteiger partial charge in [-0.05, 0) is 11.8 Å². The zero-order valence-corrected chi connectivity index (χ0v) is 14.2. The summed E-state index contributed by atoms with van der Waals surface area (Å²) in [5.74, 6) is 1.43. The molecule has 0 aromatic heterocycles. The highest BCUT2D eigenvalue weighted by atomic mass is 16.6. The van der Waals surface area contributed by atoms with Crippen molar-refractivity contribution in [2.45, 2.75) is 11.8 Å². The van der Waals surface area contributed by atoms with Crippen molar-refractivity contribution >= 4 is 11.4 Å². The van der Waals surface area contributed by atoms with Crippen molar-refractivity contribution in [3.63, 3.8) is 0 Å². The van der Waals surface area contributed by atoms with Crippen molar-refractivity contribution in [3.8, 4) is 0 Å². The van der Waals surface area contributed by atoms with Gasteiger partial charge in [-0.15, -0.1) is 12.1 Å². The first kappa shape index (κ1) is 16.8. The van der Waals surface area contributed by atoms with Crippen molar-refractivity contribution < 1.29 is 9.85 Å². The monoisotopic (exact) mass is 359 g/mol. The van der Waals surface area contributed by atoms with Gasteiger partial charge in [-0.1, -0.05) is 41.5 Å². The first-order chi connectivity index (χ1) is 13.1. The van der Waals surface area contributed by atoms with Gasteiger partial charge >= 0.3 is 0 Å². The van der Waals surface area contributed by atoms with Crippen LogP contribution in [-0.2, 0) is 0 Å². The van der Waals surface area contributed by atoms with Crippen LogP contribution < -0.4 is 0 Å². The molecule has 3 aromatic carbocycles. The lowest BCUT2D eigenvalue weighted by atomic mass is 10.0. The summed E-state index contributed by atoms with van der Waals surface area (Å²) in [5.41, 5.74) is 3.25. The summed E-state index contributed by atoms with van der Waals surface area (Å²) in [7, 11) is 0. The fourth-order valence-corrected chi connectivity index (χ4v) is 3.60. The van der Waals surface area contributed by atoms with E-state index in [-0.39, 0.29) is 23.2 Å². The number of non-ortho nitro benzene ring substituents is 2. The first-order valence-electron chi connectivity index (χ1n) is 8.47. The number of nitro benzene ring substituents is 2. The highest BCUT2D eigenvalue weighted by molar-refractivity contribution is 5.60. The zero-order valence-electron chi connectivity index (χ0n) is 14.2. The number of hydrogen-bond acceptors (Lipinski definition) is 4. The average Bonchev–Trinajstić information content (AvgIpc) is 3.44. The van der Waals surface area contributed by atoms with E-state index in [4.69, 9.17) is 0 Å². The molecule has 6 heteroatoms. The summed E-state index contributed by atoms with van der Waals surface area (Å²) in [5, 5.41) is 21.8. The molecule has 0 N–H and O–H groups in total. The number of hydrogen-bond donors (Lipinski definition) is 0. The number of nitro groups is 2. The molecule has 0 heterocycles. The standard InChI is InChI=1S/C21H15N2O4/c24-22(25)17-10-6-15(7-11-17)20-19(14-4-2-1-3-5-14)21(20)16-8-12-18(13-9-16)23(26)27/h1-13,20-21H/q-1. The maximum absolute atomic E-state index is 10.9. The van der Waals surface area contributed by atoms with Crippen LogP contribution in [0.5, 0.6) is 0 Å². The van der Waals surface area contributed by atoms with Gasteiger partial charge in [-0.2, -0.15) is 23.6 Å². The third-order valence-corrected chi connectivity index (χ3v) is 4.93. The quantitative estimate of drug-likeness (QED) is 0.364. The van der Waals surface area contributed by atoms with Gasteiger partial charge in [0.15, 0.2) is 0 Å². The largest absolute Gasteiger partial charge is 0.269 e. The van der Waals surface area contributed by atoms with E-state index in [0.717, 1.165) is 16.7 Å². The highest BCUT2D eigenvalue weighted by Crippen LogP contribution is 2.65. The van der Waals surface area contributed by atoms with Gasteiger partial charge in [0.05, 0.1) is 9.85 Å². The molecule has 0 saturated heterocycles. The molecule has 1 saturated carbocycles. The van der Waals surface area contributed by atoms with E-state index in [2.05, 4.69) is 0 Å². The third-order valence-electron chi connectivity index (χ3n) is 4.93. The second-order valence-corrected chi connectivity index (χ2v) is 6.47. The summed E-state index contributed by atoms with van der Waals surface area (Å²) >= 11 is 0. The highest BCUT2D eigenvalue weighted by Gasteiger charge is 2.45. The minimum Gasteiger partial charge on any atom is -0.258 e. The predicted octanol–water partition coefficient (Wildman–Crippen LogP) is 5.01. The van der Waals surface area contributed by atoms with E-state index in [1.54, 1.807) is 24.3 Å². The average molecular weight is 359 g/mol. The van der Waals surface area contributed by atoms with Crippen molar-refractivity contribution in [1.82, 2.24) is 0 Å². The fraction of sp³-hybridized carbons (Fsp3) is 0.0952. The summed E-state index contributed by atoms with van der Waals surface area (Å²) in [6, 6.07) is 23.2. The number of nitrogens with zero attached hydrogens (tertiary/aromatic N) is 2. The molecular formula is C21H15N2O4-. The molecule has 2 unspecified atom stereocenters. The Hall–Kier alpha value is -3.67. The van der Waals surface area contributed by atoms with Gasteiger partial charge in [-0.3, -0.25) is 20.2 Å². The van der Waals surface area contributed by atoms with E-state index < -0.39 is 9.85 Å². The van der Waals surface area contributed by atoms with Gasteiger partial charge in [0.25, 0.3) is 11.4 Å². The van der Waals surface area contributed by atoms with Crippen LogP contribution in [0.3, 0.4) is 0 Å². The number of rotatable bonds is 5. The van der Waals surface area contributed by atoms with Crippen LogP contribution in [0, 0.1) is 26.1 Å². The molecule has 0 amide bonds. The fourth-order valence-electron chi connectivity index (χ4n) is 3.60. The SMILES string of the molecule is O=[N+]([O-])c1ccc(C2[C-](c3ccccc3)C2c2ccc([N+](=O)[O-])cc2)cc1.